The van der Waals surface area contributed by atoms with Gasteiger partial charge < -0.3 is 14.8 Å². The summed E-state index contributed by atoms with van der Waals surface area (Å²) in [6.45, 7) is 9.77. The zero-order valence-electron chi connectivity index (χ0n) is 24.6. The number of carbonyl (C=O) groups is 1. The van der Waals surface area contributed by atoms with E-state index in [2.05, 4.69) is 26.1 Å². The molecule has 1 aliphatic carbocycles. The van der Waals surface area contributed by atoms with Crippen LogP contribution in [0.5, 0.6) is 11.5 Å². The number of para-hydroxylation sites is 1. The number of aliphatic imine (C=N–C) groups is 1. The highest BCUT2D eigenvalue weighted by molar-refractivity contribution is 7.16. The number of carbonyl (C=O) groups excluding carboxylic acids is 1. The summed E-state index contributed by atoms with van der Waals surface area (Å²) >= 11 is 7.65. The summed E-state index contributed by atoms with van der Waals surface area (Å²) in [6.07, 6.45) is 4.73. The third-order valence-corrected chi connectivity index (χ3v) is 9.05. The first-order chi connectivity index (χ1) is 20.2. The Morgan fingerprint density at radius 1 is 1.05 bits per heavy atom. The van der Waals surface area contributed by atoms with Crippen molar-refractivity contribution in [2.75, 3.05) is 11.9 Å². The van der Waals surface area contributed by atoms with Crippen LogP contribution in [-0.2, 0) is 19.4 Å². The van der Waals surface area contributed by atoms with Crippen LogP contribution in [-0.4, -0.2) is 18.7 Å². The molecule has 0 spiro atoms. The highest BCUT2D eigenvalue weighted by atomic mass is 35.5. The van der Waals surface area contributed by atoms with Crippen molar-refractivity contribution in [2.24, 2.45) is 16.3 Å². The number of anilines is 1. The van der Waals surface area contributed by atoms with Crippen LogP contribution < -0.4 is 14.8 Å². The molecule has 1 aromatic heterocycles. The van der Waals surface area contributed by atoms with Crippen molar-refractivity contribution in [1.82, 2.24) is 0 Å². The summed E-state index contributed by atoms with van der Waals surface area (Å²) < 4.78 is 12.0. The topological polar surface area (TPSA) is 59.9 Å². The largest absolute Gasteiger partial charge is 0.490 e. The number of hydrogen-bond donors (Lipinski definition) is 1. The van der Waals surface area contributed by atoms with Crippen molar-refractivity contribution in [1.29, 1.82) is 0 Å². The number of ether oxygens (including phenoxy) is 2. The highest BCUT2D eigenvalue weighted by Crippen LogP contribution is 2.45. The summed E-state index contributed by atoms with van der Waals surface area (Å²) in [5.74, 6) is 1.77. The van der Waals surface area contributed by atoms with E-state index in [1.807, 2.05) is 85.9 Å². The summed E-state index contributed by atoms with van der Waals surface area (Å²) in [4.78, 5) is 19.8. The Morgan fingerprint density at radius 2 is 1.81 bits per heavy atom. The van der Waals surface area contributed by atoms with E-state index in [0.717, 1.165) is 46.6 Å². The molecule has 3 aromatic carbocycles. The molecule has 1 atom stereocenters. The van der Waals surface area contributed by atoms with E-state index < -0.39 is 0 Å². The van der Waals surface area contributed by atoms with E-state index in [4.69, 9.17) is 26.1 Å². The fraction of sp³-hybridized carbons (Fsp3) is 0.314. The molecule has 5 nitrogen and oxygen atoms in total. The zero-order valence-corrected chi connectivity index (χ0v) is 26.1. The van der Waals surface area contributed by atoms with E-state index >= 15 is 0 Å². The summed E-state index contributed by atoms with van der Waals surface area (Å²) in [5.41, 5.74) is 4.70. The summed E-state index contributed by atoms with van der Waals surface area (Å²) in [5, 5.41) is 4.52. The molecule has 0 unspecified atom stereocenters. The van der Waals surface area contributed by atoms with E-state index in [0.29, 0.717) is 41.2 Å². The average molecular weight is 601 g/mol. The van der Waals surface area contributed by atoms with Gasteiger partial charge in [-0.1, -0.05) is 62.7 Å². The Labute approximate surface area is 257 Å². The first-order valence-electron chi connectivity index (χ1n) is 14.4. The first kappa shape index (κ1) is 29.9. The molecule has 1 amide bonds. The molecular formula is C35H37ClN2O3S. The lowest BCUT2D eigenvalue weighted by Gasteiger charge is -2.33. The van der Waals surface area contributed by atoms with Crippen LogP contribution in [0.1, 0.15) is 66.0 Å². The second kappa shape index (κ2) is 13.1. The van der Waals surface area contributed by atoms with Crippen LogP contribution >= 0.6 is 22.9 Å². The van der Waals surface area contributed by atoms with Gasteiger partial charge in [0, 0.05) is 21.8 Å². The van der Waals surface area contributed by atoms with Gasteiger partial charge in [-0.15, -0.1) is 11.3 Å². The standard InChI is InChI=1S/C35H37ClN2O3S/c1-5-40-30-19-24(13-18-29(30)41-22-23-11-15-26(36)16-12-23)21-37-34-32(33(39)38-27-9-7-6-8-10-27)28-17-14-25(35(2,3)4)20-31(28)42-34/h6-13,15-16,18-19,21,25H,5,14,17,20,22H2,1-4H3,(H,38,39)/t25-/m0/s1. The van der Waals surface area contributed by atoms with Crippen molar-refractivity contribution in [2.45, 2.75) is 53.6 Å². The van der Waals surface area contributed by atoms with E-state index in [9.17, 15) is 4.79 Å². The van der Waals surface area contributed by atoms with Crippen molar-refractivity contribution >= 4 is 45.7 Å². The second-order valence-corrected chi connectivity index (χ2v) is 13.1. The number of nitrogens with zero attached hydrogens (tertiary/aromatic N) is 1. The molecule has 218 valence electrons. The fourth-order valence-electron chi connectivity index (χ4n) is 5.22. The van der Waals surface area contributed by atoms with Crippen LogP contribution in [0.3, 0.4) is 0 Å². The minimum Gasteiger partial charge on any atom is -0.490 e. The monoisotopic (exact) mass is 600 g/mol. The van der Waals surface area contributed by atoms with Gasteiger partial charge in [0.15, 0.2) is 11.5 Å². The molecule has 5 rings (SSSR count). The Balaban J connectivity index is 1.42. The number of benzene rings is 3. The minimum atomic E-state index is -0.110. The maximum atomic E-state index is 13.6. The van der Waals surface area contributed by atoms with Crippen molar-refractivity contribution in [3.63, 3.8) is 0 Å². The van der Waals surface area contributed by atoms with Gasteiger partial charge in [0.05, 0.1) is 12.2 Å². The Bertz CT molecular complexity index is 1560. The molecule has 0 saturated carbocycles. The molecule has 1 N–H and O–H groups in total. The van der Waals surface area contributed by atoms with Crippen LogP contribution in [0, 0.1) is 11.3 Å². The Morgan fingerprint density at radius 3 is 2.52 bits per heavy atom. The van der Waals surface area contributed by atoms with Gasteiger partial charge in [-0.05, 0) is 96.7 Å². The molecule has 42 heavy (non-hydrogen) atoms. The smallest absolute Gasteiger partial charge is 0.259 e. The van der Waals surface area contributed by atoms with Crippen molar-refractivity contribution < 1.29 is 14.3 Å². The van der Waals surface area contributed by atoms with Crippen LogP contribution in [0.15, 0.2) is 77.8 Å². The van der Waals surface area contributed by atoms with Gasteiger partial charge in [0.25, 0.3) is 5.91 Å². The molecule has 1 heterocycles. The van der Waals surface area contributed by atoms with Crippen molar-refractivity contribution in [3.8, 4) is 11.5 Å². The lowest BCUT2D eigenvalue weighted by Crippen LogP contribution is -2.27. The molecule has 0 saturated heterocycles. The summed E-state index contributed by atoms with van der Waals surface area (Å²) in [6, 6.07) is 23.0. The van der Waals surface area contributed by atoms with Crippen LogP contribution in [0.25, 0.3) is 0 Å². The van der Waals surface area contributed by atoms with Gasteiger partial charge in [0.2, 0.25) is 0 Å². The van der Waals surface area contributed by atoms with E-state index in [1.165, 1.54) is 4.88 Å². The maximum Gasteiger partial charge on any atom is 0.259 e. The predicted molar refractivity (Wildman–Crippen MR) is 174 cm³/mol. The predicted octanol–water partition coefficient (Wildman–Crippen LogP) is 9.53. The number of hydrogen-bond acceptors (Lipinski definition) is 5. The lowest BCUT2D eigenvalue weighted by molar-refractivity contribution is 0.102. The molecule has 7 heteroatoms. The molecule has 4 aromatic rings. The quantitative estimate of drug-likeness (QED) is 0.195. The third kappa shape index (κ3) is 7.23. The molecule has 0 radical (unpaired) electrons. The van der Waals surface area contributed by atoms with Gasteiger partial charge in [-0.2, -0.15) is 0 Å². The molecule has 0 bridgehead atoms. The Hall–Kier alpha value is -3.61. The number of nitrogens with one attached hydrogen (secondary N) is 1. The average Bonchev–Trinajstić information content (AvgIpc) is 3.34. The lowest BCUT2D eigenvalue weighted by atomic mass is 9.72. The highest BCUT2D eigenvalue weighted by Gasteiger charge is 2.33. The molecule has 0 aliphatic heterocycles. The van der Waals surface area contributed by atoms with Gasteiger partial charge in [-0.25, -0.2) is 4.99 Å². The van der Waals surface area contributed by atoms with Crippen LogP contribution in [0.2, 0.25) is 5.02 Å². The number of thiophene rings is 1. The maximum absolute atomic E-state index is 13.6. The second-order valence-electron chi connectivity index (χ2n) is 11.6. The number of fused-ring (bicyclic) bond motifs is 1. The van der Waals surface area contributed by atoms with Gasteiger partial charge >= 0.3 is 0 Å². The molecule has 1 aliphatic rings. The number of halogens is 1. The zero-order chi connectivity index (χ0) is 29.7. The van der Waals surface area contributed by atoms with Crippen molar-refractivity contribution in [3.05, 3.63) is 105 Å². The third-order valence-electron chi connectivity index (χ3n) is 7.64. The number of amides is 1. The summed E-state index contributed by atoms with van der Waals surface area (Å²) in [7, 11) is 0. The molecular weight excluding hydrogens is 564 g/mol. The first-order valence-corrected chi connectivity index (χ1v) is 15.6. The normalized spacial score (nSPS) is 14.9. The van der Waals surface area contributed by atoms with E-state index in [-0.39, 0.29) is 11.3 Å². The minimum absolute atomic E-state index is 0.110. The Kier molecular flexibility index (Phi) is 9.34. The fourth-order valence-corrected chi connectivity index (χ4v) is 6.61. The van der Waals surface area contributed by atoms with Gasteiger partial charge in [-0.3, -0.25) is 4.79 Å². The SMILES string of the molecule is CCOc1cc(C=Nc2sc3c(c2C(=O)Nc2ccccc2)CC[C@H](C(C)(C)C)C3)ccc1OCc1ccc(Cl)cc1. The number of rotatable bonds is 9. The molecule has 0 fully saturated rings. The van der Waals surface area contributed by atoms with Crippen LogP contribution in [0.4, 0.5) is 10.7 Å². The van der Waals surface area contributed by atoms with Gasteiger partial charge in [0.1, 0.15) is 11.6 Å². The van der Waals surface area contributed by atoms with E-state index in [1.54, 1.807) is 11.3 Å².